The number of hydrogen-bond donors (Lipinski definition) is 4. The van der Waals surface area contributed by atoms with Crippen LogP contribution in [0.4, 0.5) is 9.18 Å². The van der Waals surface area contributed by atoms with Gasteiger partial charge in [-0.05, 0) is 36.6 Å². The summed E-state index contributed by atoms with van der Waals surface area (Å²) in [5.41, 5.74) is 0.676. The van der Waals surface area contributed by atoms with Gasteiger partial charge in [0.15, 0.2) is 0 Å². The van der Waals surface area contributed by atoms with Gasteiger partial charge in [-0.25, -0.2) is 18.8 Å². The zero-order valence-electron chi connectivity index (χ0n) is 15.5. The number of piperidine rings is 2. The van der Waals surface area contributed by atoms with E-state index in [9.17, 15) is 23.6 Å². The number of hydrogen-bond acceptors (Lipinski definition) is 5. The Labute approximate surface area is 166 Å². The van der Waals surface area contributed by atoms with Gasteiger partial charge in [-0.1, -0.05) is 12.1 Å². The van der Waals surface area contributed by atoms with Gasteiger partial charge in [0.2, 0.25) is 5.91 Å². The van der Waals surface area contributed by atoms with E-state index in [0.29, 0.717) is 36.7 Å². The lowest BCUT2D eigenvalue weighted by atomic mass is 9.85. The number of aliphatic carboxylic acids is 2. The molecule has 2 aliphatic heterocycles. The number of likely N-dealkylation sites (tertiary alicyclic amines) is 1. The number of carboxylic acids is 2. The molecule has 0 radical (unpaired) electrons. The van der Waals surface area contributed by atoms with Gasteiger partial charge in [0.05, 0.1) is 5.92 Å². The Balaban J connectivity index is 0.000000321. The Morgan fingerprint density at radius 2 is 1.90 bits per heavy atom. The smallest absolute Gasteiger partial charge is 0.328 e. The van der Waals surface area contributed by atoms with Crippen molar-refractivity contribution in [3.63, 3.8) is 0 Å². The second-order valence-electron chi connectivity index (χ2n) is 6.70. The number of halogens is 1. The molecule has 156 valence electrons. The Morgan fingerprint density at radius 3 is 2.52 bits per heavy atom. The molecule has 3 amide bonds. The number of amides is 3. The van der Waals surface area contributed by atoms with Crippen molar-refractivity contribution in [2.75, 3.05) is 19.6 Å². The van der Waals surface area contributed by atoms with Crippen LogP contribution in [0.3, 0.4) is 0 Å². The molecule has 0 saturated carbocycles. The summed E-state index contributed by atoms with van der Waals surface area (Å²) in [5, 5.41) is 21.5. The first kappa shape index (κ1) is 22.0. The number of nitrogens with zero attached hydrogens (tertiary/aromatic N) is 1. The number of fused-ring (bicyclic) bond motifs is 2. The molecule has 2 unspecified atom stereocenters. The van der Waals surface area contributed by atoms with E-state index in [4.69, 9.17) is 10.2 Å². The quantitative estimate of drug-likeness (QED) is 0.543. The maximum atomic E-state index is 13.1. The van der Waals surface area contributed by atoms with Gasteiger partial charge in [0.25, 0.3) is 0 Å². The molecule has 2 fully saturated rings. The highest BCUT2D eigenvalue weighted by molar-refractivity contribution is 5.96. The lowest BCUT2D eigenvalue weighted by molar-refractivity contribution is -0.137. The molecule has 29 heavy (non-hydrogen) atoms. The number of benzene rings is 1. The molecule has 4 N–H and O–H groups in total. The highest BCUT2D eigenvalue weighted by Gasteiger charge is 2.39. The van der Waals surface area contributed by atoms with Crippen molar-refractivity contribution in [3.05, 3.63) is 47.8 Å². The zero-order valence-corrected chi connectivity index (χ0v) is 15.5. The minimum absolute atomic E-state index is 0.0996. The van der Waals surface area contributed by atoms with Gasteiger partial charge in [0, 0.05) is 31.8 Å². The maximum absolute atomic E-state index is 13.1. The second kappa shape index (κ2) is 10.3. The molecule has 2 atom stereocenters. The molecule has 1 aromatic rings. The van der Waals surface area contributed by atoms with Crippen LogP contribution in [0, 0.1) is 17.7 Å². The van der Waals surface area contributed by atoms with Gasteiger partial charge < -0.3 is 20.8 Å². The highest BCUT2D eigenvalue weighted by atomic mass is 19.1. The van der Waals surface area contributed by atoms with Crippen LogP contribution in [0.25, 0.3) is 0 Å². The first-order chi connectivity index (χ1) is 13.8. The highest BCUT2D eigenvalue weighted by Crippen LogP contribution is 2.25. The van der Waals surface area contributed by atoms with Gasteiger partial charge in [-0.3, -0.25) is 9.69 Å². The van der Waals surface area contributed by atoms with E-state index in [1.165, 1.54) is 17.0 Å². The molecule has 10 heteroatoms. The van der Waals surface area contributed by atoms with Gasteiger partial charge in [-0.15, -0.1) is 0 Å². The molecule has 2 heterocycles. The average Bonchev–Trinajstić information content (AvgIpc) is 2.68. The molecule has 2 saturated heterocycles. The fourth-order valence-electron chi connectivity index (χ4n) is 3.17. The van der Waals surface area contributed by atoms with Crippen molar-refractivity contribution in [3.8, 4) is 0 Å². The largest absolute Gasteiger partial charge is 0.478 e. The number of carboxylic acid groups (broad SMARTS) is 2. The fourth-order valence-corrected chi connectivity index (χ4v) is 3.17. The van der Waals surface area contributed by atoms with Gasteiger partial charge in [-0.2, -0.15) is 0 Å². The van der Waals surface area contributed by atoms with Crippen molar-refractivity contribution < 1.29 is 33.8 Å². The predicted octanol–water partition coefficient (Wildman–Crippen LogP) is 0.815. The minimum atomic E-state index is -1.26. The number of imide groups is 1. The third-order valence-corrected chi connectivity index (χ3v) is 4.44. The van der Waals surface area contributed by atoms with Crippen LogP contribution in [0.15, 0.2) is 36.4 Å². The topological polar surface area (TPSA) is 136 Å². The summed E-state index contributed by atoms with van der Waals surface area (Å²) in [6.45, 7) is 2.16. The Morgan fingerprint density at radius 1 is 1.21 bits per heavy atom. The summed E-state index contributed by atoms with van der Waals surface area (Å²) in [4.78, 5) is 44.8. The minimum Gasteiger partial charge on any atom is -0.478 e. The molecule has 9 nitrogen and oxygen atoms in total. The first-order valence-electron chi connectivity index (χ1n) is 8.94. The van der Waals surface area contributed by atoms with Crippen LogP contribution in [-0.4, -0.2) is 58.6 Å². The van der Waals surface area contributed by atoms with E-state index < -0.39 is 11.9 Å². The predicted molar refractivity (Wildman–Crippen MR) is 99.2 cm³/mol. The summed E-state index contributed by atoms with van der Waals surface area (Å²) >= 11 is 0. The van der Waals surface area contributed by atoms with Crippen molar-refractivity contribution in [1.82, 2.24) is 15.5 Å². The molecule has 0 aromatic heterocycles. The summed E-state index contributed by atoms with van der Waals surface area (Å²) in [6, 6.07) is 5.67. The van der Waals surface area contributed by atoms with Crippen LogP contribution >= 0.6 is 0 Å². The Bertz CT molecular complexity index is 797. The van der Waals surface area contributed by atoms with Crippen molar-refractivity contribution in [1.29, 1.82) is 0 Å². The van der Waals surface area contributed by atoms with Gasteiger partial charge in [0.1, 0.15) is 5.82 Å². The van der Waals surface area contributed by atoms with Crippen molar-refractivity contribution in [2.24, 2.45) is 11.8 Å². The third-order valence-electron chi connectivity index (χ3n) is 4.44. The van der Waals surface area contributed by atoms with E-state index in [2.05, 4.69) is 10.6 Å². The summed E-state index contributed by atoms with van der Waals surface area (Å²) < 4.78 is 13.1. The molecule has 2 aliphatic rings. The fraction of sp³-hybridized carbons (Fsp3) is 0.368. The average molecular weight is 407 g/mol. The maximum Gasteiger partial charge on any atom is 0.328 e. The number of nitrogens with one attached hydrogen (secondary N) is 2. The monoisotopic (exact) mass is 407 g/mol. The molecular formula is C19H22FN3O6. The van der Waals surface area contributed by atoms with Crippen LogP contribution in [0.2, 0.25) is 0 Å². The van der Waals surface area contributed by atoms with Crippen LogP contribution < -0.4 is 10.6 Å². The Hall–Kier alpha value is -3.27. The second-order valence-corrected chi connectivity index (χ2v) is 6.70. The molecule has 0 spiro atoms. The van der Waals surface area contributed by atoms with Crippen LogP contribution in [0.5, 0.6) is 0 Å². The van der Waals surface area contributed by atoms with Gasteiger partial charge >= 0.3 is 18.0 Å². The van der Waals surface area contributed by atoms with Crippen molar-refractivity contribution >= 4 is 23.9 Å². The van der Waals surface area contributed by atoms with E-state index in [1.807, 2.05) is 0 Å². The van der Waals surface area contributed by atoms with Crippen LogP contribution in [0.1, 0.15) is 12.0 Å². The third kappa shape index (κ3) is 7.00. The van der Waals surface area contributed by atoms with E-state index in [-0.39, 0.29) is 30.2 Å². The molecule has 2 bridgehead atoms. The van der Waals surface area contributed by atoms with E-state index in [0.717, 1.165) is 13.0 Å². The van der Waals surface area contributed by atoms with E-state index >= 15 is 0 Å². The normalized spacial score (nSPS) is 20.6. The Kier molecular flexibility index (Phi) is 7.84. The first-order valence-corrected chi connectivity index (χ1v) is 8.94. The van der Waals surface area contributed by atoms with Crippen LogP contribution in [-0.2, 0) is 20.9 Å². The summed E-state index contributed by atoms with van der Waals surface area (Å²) in [5.74, 6) is -2.73. The number of urea groups is 1. The lowest BCUT2D eigenvalue weighted by Gasteiger charge is -2.39. The standard InChI is InChI=1S/C15H18FN3O2.C4H4O4/c16-13-3-1-2-10(5-13)7-18-15(21)19-9-11-4-12(14(19)20)8-17-6-11;5-3(6)1-2-4(7)8/h1-3,5,11-12,17H,4,6-9H2,(H,18,21);1-2H,(H,5,6)(H,7,8)/b;2-1+. The number of carbonyl (C=O) groups excluding carboxylic acids is 2. The zero-order chi connectivity index (χ0) is 21.4. The molecular weight excluding hydrogens is 385 g/mol. The number of carbonyl (C=O) groups is 4. The summed E-state index contributed by atoms with van der Waals surface area (Å²) in [6.07, 6.45) is 1.98. The lowest BCUT2D eigenvalue weighted by Crippen LogP contribution is -2.58. The summed E-state index contributed by atoms with van der Waals surface area (Å²) in [7, 11) is 0. The SMILES string of the molecule is O=C(NCc1cccc(F)c1)N1CC2CNCC(C2)C1=O.O=C(O)/C=C/C(=O)O. The molecule has 0 aliphatic carbocycles. The number of rotatable bonds is 4. The molecule has 3 rings (SSSR count). The van der Waals surface area contributed by atoms with E-state index in [1.54, 1.807) is 12.1 Å². The molecule has 1 aromatic carbocycles. The van der Waals surface area contributed by atoms with Crippen molar-refractivity contribution in [2.45, 2.75) is 13.0 Å².